The van der Waals surface area contributed by atoms with Crippen molar-refractivity contribution >= 4 is 11.8 Å². The van der Waals surface area contributed by atoms with Gasteiger partial charge in [0.15, 0.2) is 0 Å². The molecule has 0 aliphatic carbocycles. The Bertz CT molecular complexity index is 329. The third kappa shape index (κ3) is 2.90. The zero-order chi connectivity index (χ0) is 15.0. The molecule has 20 heavy (non-hydrogen) atoms. The smallest absolute Gasteiger partial charge is 0.0474 e. The Kier molecular flexibility index (Phi) is 4.80. The number of piperazine rings is 1. The Labute approximate surface area is 129 Å². The van der Waals surface area contributed by atoms with E-state index in [4.69, 9.17) is 5.73 Å². The maximum absolute atomic E-state index is 6.30. The maximum Gasteiger partial charge on any atom is 0.0474 e. The van der Waals surface area contributed by atoms with Gasteiger partial charge in [0.05, 0.1) is 0 Å². The SMILES string of the molecule is CC(C)(C)N1CCN(C2(CN)CSCCC2(C)C)CC1. The molecule has 0 spiro atoms. The van der Waals surface area contributed by atoms with Gasteiger partial charge >= 0.3 is 0 Å². The molecule has 118 valence electrons. The standard InChI is InChI=1S/C16H33N3S/c1-14(2,3)18-7-9-19(10-8-18)16(12-17)13-20-11-6-15(16,4)5/h6-13,17H2,1-5H3. The van der Waals surface area contributed by atoms with E-state index >= 15 is 0 Å². The van der Waals surface area contributed by atoms with Crippen molar-refractivity contribution in [1.82, 2.24) is 9.80 Å². The fraction of sp³-hybridized carbons (Fsp3) is 1.00. The number of hydrogen-bond donors (Lipinski definition) is 1. The van der Waals surface area contributed by atoms with Gasteiger partial charge in [-0.3, -0.25) is 9.80 Å². The number of rotatable bonds is 2. The monoisotopic (exact) mass is 299 g/mol. The molecule has 0 aromatic heterocycles. The van der Waals surface area contributed by atoms with Gasteiger partial charge in [-0.05, 0) is 38.4 Å². The average molecular weight is 300 g/mol. The number of nitrogens with two attached hydrogens (primary N) is 1. The Morgan fingerprint density at radius 3 is 2.15 bits per heavy atom. The summed E-state index contributed by atoms with van der Waals surface area (Å²) in [5, 5.41) is 0. The average Bonchev–Trinajstić information content (AvgIpc) is 2.38. The lowest BCUT2D eigenvalue weighted by molar-refractivity contribution is -0.0433. The predicted molar refractivity (Wildman–Crippen MR) is 90.4 cm³/mol. The summed E-state index contributed by atoms with van der Waals surface area (Å²) in [5.74, 6) is 2.49. The maximum atomic E-state index is 6.30. The van der Waals surface area contributed by atoms with Crippen molar-refractivity contribution in [2.45, 2.75) is 52.1 Å². The van der Waals surface area contributed by atoms with E-state index in [2.05, 4.69) is 56.2 Å². The van der Waals surface area contributed by atoms with E-state index in [0.29, 0.717) is 11.0 Å². The summed E-state index contributed by atoms with van der Waals surface area (Å²) < 4.78 is 0. The first-order valence-electron chi connectivity index (χ1n) is 8.01. The Hall–Kier alpha value is 0.230. The quantitative estimate of drug-likeness (QED) is 0.848. The van der Waals surface area contributed by atoms with Crippen molar-refractivity contribution in [3.8, 4) is 0 Å². The van der Waals surface area contributed by atoms with Gasteiger partial charge in [0.1, 0.15) is 0 Å². The third-order valence-corrected chi connectivity index (χ3v) is 6.82. The summed E-state index contributed by atoms with van der Waals surface area (Å²) in [5.41, 5.74) is 7.11. The molecule has 0 saturated carbocycles. The van der Waals surface area contributed by atoms with E-state index in [1.807, 2.05) is 0 Å². The second-order valence-electron chi connectivity index (χ2n) is 8.07. The minimum absolute atomic E-state index is 0.194. The van der Waals surface area contributed by atoms with Crippen molar-refractivity contribution in [1.29, 1.82) is 0 Å². The van der Waals surface area contributed by atoms with E-state index in [-0.39, 0.29) is 5.54 Å². The highest BCUT2D eigenvalue weighted by atomic mass is 32.2. The molecular weight excluding hydrogens is 266 g/mol. The topological polar surface area (TPSA) is 32.5 Å². The number of hydrogen-bond acceptors (Lipinski definition) is 4. The normalized spacial score (nSPS) is 33.3. The molecule has 3 nitrogen and oxygen atoms in total. The van der Waals surface area contributed by atoms with E-state index in [1.165, 1.54) is 44.1 Å². The van der Waals surface area contributed by atoms with Crippen LogP contribution in [0.3, 0.4) is 0 Å². The molecule has 2 rings (SSSR count). The first-order chi connectivity index (χ1) is 9.23. The van der Waals surface area contributed by atoms with Crippen molar-refractivity contribution in [2.75, 3.05) is 44.2 Å². The lowest BCUT2D eigenvalue weighted by Crippen LogP contribution is -2.69. The van der Waals surface area contributed by atoms with Gasteiger partial charge in [-0.25, -0.2) is 0 Å². The summed E-state index contributed by atoms with van der Waals surface area (Å²) in [6.07, 6.45) is 1.29. The molecule has 0 aromatic carbocycles. The van der Waals surface area contributed by atoms with Crippen molar-refractivity contribution in [3.63, 3.8) is 0 Å². The van der Waals surface area contributed by atoms with Gasteiger partial charge < -0.3 is 5.73 Å². The van der Waals surface area contributed by atoms with Crippen LogP contribution in [0, 0.1) is 5.41 Å². The largest absolute Gasteiger partial charge is 0.329 e. The van der Waals surface area contributed by atoms with Gasteiger partial charge in [0.25, 0.3) is 0 Å². The van der Waals surface area contributed by atoms with E-state index < -0.39 is 0 Å². The highest BCUT2D eigenvalue weighted by Crippen LogP contribution is 2.45. The second-order valence-corrected chi connectivity index (χ2v) is 9.17. The minimum atomic E-state index is 0.194. The van der Waals surface area contributed by atoms with Gasteiger partial charge in [-0.15, -0.1) is 0 Å². The van der Waals surface area contributed by atoms with Gasteiger partial charge in [0.2, 0.25) is 0 Å². The molecule has 2 saturated heterocycles. The van der Waals surface area contributed by atoms with Crippen molar-refractivity contribution in [2.24, 2.45) is 11.1 Å². The zero-order valence-corrected chi connectivity index (χ0v) is 14.9. The van der Waals surface area contributed by atoms with Crippen LogP contribution in [0.1, 0.15) is 41.0 Å². The fourth-order valence-electron chi connectivity index (χ4n) is 3.79. The van der Waals surface area contributed by atoms with Crippen LogP contribution in [0.2, 0.25) is 0 Å². The summed E-state index contributed by atoms with van der Waals surface area (Å²) >= 11 is 2.09. The first-order valence-corrected chi connectivity index (χ1v) is 9.16. The highest BCUT2D eigenvalue weighted by molar-refractivity contribution is 7.99. The lowest BCUT2D eigenvalue weighted by Gasteiger charge is -2.58. The molecule has 4 heteroatoms. The van der Waals surface area contributed by atoms with Crippen LogP contribution >= 0.6 is 11.8 Å². The number of nitrogens with zero attached hydrogens (tertiary/aromatic N) is 2. The Balaban J connectivity index is 2.10. The van der Waals surface area contributed by atoms with Crippen LogP contribution in [0.5, 0.6) is 0 Å². The van der Waals surface area contributed by atoms with Gasteiger partial charge in [-0.2, -0.15) is 11.8 Å². The molecule has 1 atom stereocenters. The first kappa shape index (κ1) is 16.6. The van der Waals surface area contributed by atoms with Crippen molar-refractivity contribution < 1.29 is 0 Å². The fourth-order valence-corrected chi connectivity index (χ4v) is 5.61. The molecule has 0 radical (unpaired) electrons. The Morgan fingerprint density at radius 1 is 1.10 bits per heavy atom. The van der Waals surface area contributed by atoms with E-state index in [0.717, 1.165) is 6.54 Å². The van der Waals surface area contributed by atoms with Crippen LogP contribution in [0.25, 0.3) is 0 Å². The van der Waals surface area contributed by atoms with Crippen molar-refractivity contribution in [3.05, 3.63) is 0 Å². The molecule has 0 aromatic rings. The molecule has 0 amide bonds. The molecule has 2 heterocycles. The van der Waals surface area contributed by atoms with Crippen LogP contribution < -0.4 is 5.73 Å². The second kappa shape index (κ2) is 5.79. The summed E-state index contributed by atoms with van der Waals surface area (Å²) in [6, 6.07) is 0. The molecule has 0 bridgehead atoms. The lowest BCUT2D eigenvalue weighted by atomic mass is 9.69. The van der Waals surface area contributed by atoms with E-state index in [9.17, 15) is 0 Å². The van der Waals surface area contributed by atoms with Crippen LogP contribution in [-0.2, 0) is 0 Å². The minimum Gasteiger partial charge on any atom is -0.329 e. The molecular formula is C16H33N3S. The van der Waals surface area contributed by atoms with Crippen LogP contribution in [-0.4, -0.2) is 65.1 Å². The number of thioether (sulfide) groups is 1. The molecule has 2 fully saturated rings. The Morgan fingerprint density at radius 2 is 1.70 bits per heavy atom. The predicted octanol–water partition coefficient (Wildman–Crippen LogP) is 2.26. The van der Waals surface area contributed by atoms with Gasteiger partial charge in [-0.1, -0.05) is 13.8 Å². The molecule has 2 aliphatic heterocycles. The zero-order valence-electron chi connectivity index (χ0n) is 14.0. The third-order valence-electron chi connectivity index (χ3n) is 5.64. The molecule has 1 unspecified atom stereocenters. The summed E-state index contributed by atoms with van der Waals surface area (Å²) in [7, 11) is 0. The van der Waals surface area contributed by atoms with Gasteiger partial charge in [0, 0.05) is 49.6 Å². The molecule has 2 aliphatic rings. The highest BCUT2D eigenvalue weighted by Gasteiger charge is 2.50. The summed E-state index contributed by atoms with van der Waals surface area (Å²) in [6.45, 7) is 17.3. The molecule has 2 N–H and O–H groups in total. The van der Waals surface area contributed by atoms with E-state index in [1.54, 1.807) is 0 Å². The van der Waals surface area contributed by atoms with Crippen LogP contribution in [0.4, 0.5) is 0 Å². The summed E-state index contributed by atoms with van der Waals surface area (Å²) in [4.78, 5) is 5.32. The van der Waals surface area contributed by atoms with Crippen LogP contribution in [0.15, 0.2) is 0 Å².